The van der Waals surface area contributed by atoms with Crippen LogP contribution in [0.5, 0.6) is 5.75 Å². The minimum atomic E-state index is 0.763. The Kier molecular flexibility index (Phi) is 4.78. The summed E-state index contributed by atoms with van der Waals surface area (Å²) in [6.45, 7) is 8.32. The van der Waals surface area contributed by atoms with E-state index in [1.165, 1.54) is 32.4 Å². The van der Waals surface area contributed by atoms with Crippen LogP contribution in [0.1, 0.15) is 30.7 Å². The monoisotopic (exact) mass is 299 g/mol. The SMILES string of the molecule is Cc1cc(C)n(-c2ccc(OCCN3CCCCC3)cc2)n1. The lowest BCUT2D eigenvalue weighted by molar-refractivity contribution is 0.183. The molecular weight excluding hydrogens is 274 g/mol. The number of piperidine rings is 1. The van der Waals surface area contributed by atoms with Crippen molar-refractivity contribution in [3.63, 3.8) is 0 Å². The number of nitrogens with zero attached hydrogens (tertiary/aromatic N) is 3. The maximum Gasteiger partial charge on any atom is 0.119 e. The fraction of sp³-hybridized carbons (Fsp3) is 0.500. The van der Waals surface area contributed by atoms with E-state index < -0.39 is 0 Å². The highest BCUT2D eigenvalue weighted by Gasteiger charge is 2.09. The zero-order chi connectivity index (χ0) is 15.4. The first kappa shape index (κ1) is 15.1. The van der Waals surface area contributed by atoms with Gasteiger partial charge in [-0.1, -0.05) is 6.42 Å². The third-order valence-electron chi connectivity index (χ3n) is 4.22. The summed E-state index contributed by atoms with van der Waals surface area (Å²) in [5.74, 6) is 0.933. The summed E-state index contributed by atoms with van der Waals surface area (Å²) < 4.78 is 7.83. The number of hydrogen-bond acceptors (Lipinski definition) is 3. The standard InChI is InChI=1S/C18H25N3O/c1-15-14-16(2)21(19-15)17-6-8-18(9-7-17)22-13-12-20-10-4-3-5-11-20/h6-9,14H,3-5,10-13H2,1-2H3. The maximum atomic E-state index is 5.86. The van der Waals surface area contributed by atoms with Gasteiger partial charge in [-0.3, -0.25) is 4.90 Å². The van der Waals surface area contributed by atoms with Gasteiger partial charge in [0.15, 0.2) is 0 Å². The van der Waals surface area contributed by atoms with E-state index in [1.54, 1.807) is 0 Å². The first-order chi connectivity index (χ1) is 10.7. The second-order valence-corrected chi connectivity index (χ2v) is 6.08. The number of aromatic nitrogens is 2. The molecule has 1 aromatic carbocycles. The number of benzene rings is 1. The van der Waals surface area contributed by atoms with Crippen molar-refractivity contribution in [2.24, 2.45) is 0 Å². The quantitative estimate of drug-likeness (QED) is 0.848. The Morgan fingerprint density at radius 3 is 2.41 bits per heavy atom. The number of rotatable bonds is 5. The van der Waals surface area contributed by atoms with Gasteiger partial charge in [-0.05, 0) is 70.1 Å². The molecule has 0 N–H and O–H groups in total. The van der Waals surface area contributed by atoms with E-state index in [2.05, 4.69) is 35.1 Å². The van der Waals surface area contributed by atoms with Crippen LogP contribution in [0, 0.1) is 13.8 Å². The summed E-state index contributed by atoms with van der Waals surface area (Å²) in [4.78, 5) is 2.49. The molecule has 1 aliphatic rings. The number of likely N-dealkylation sites (tertiary alicyclic amines) is 1. The summed E-state index contributed by atoms with van der Waals surface area (Å²) in [5.41, 5.74) is 3.27. The average Bonchev–Trinajstić information content (AvgIpc) is 2.88. The minimum absolute atomic E-state index is 0.763. The normalized spacial score (nSPS) is 15.9. The van der Waals surface area contributed by atoms with Gasteiger partial charge in [-0.15, -0.1) is 0 Å². The van der Waals surface area contributed by atoms with Crippen LogP contribution in [0.25, 0.3) is 5.69 Å². The third kappa shape index (κ3) is 3.69. The van der Waals surface area contributed by atoms with Gasteiger partial charge in [0.1, 0.15) is 12.4 Å². The minimum Gasteiger partial charge on any atom is -0.492 e. The summed E-state index contributed by atoms with van der Waals surface area (Å²) >= 11 is 0. The van der Waals surface area contributed by atoms with E-state index in [1.807, 2.05) is 23.7 Å². The van der Waals surface area contributed by atoms with Crippen LogP contribution in [-0.4, -0.2) is 40.9 Å². The molecule has 1 aliphatic heterocycles. The van der Waals surface area contributed by atoms with Gasteiger partial charge < -0.3 is 4.74 Å². The smallest absolute Gasteiger partial charge is 0.119 e. The molecule has 2 aromatic rings. The van der Waals surface area contributed by atoms with E-state index in [0.29, 0.717) is 0 Å². The Balaban J connectivity index is 1.54. The molecule has 0 saturated carbocycles. The lowest BCUT2D eigenvalue weighted by atomic mass is 10.1. The predicted molar refractivity (Wildman–Crippen MR) is 88.8 cm³/mol. The number of ether oxygens (including phenoxy) is 1. The highest BCUT2D eigenvalue weighted by molar-refractivity contribution is 5.38. The molecule has 118 valence electrons. The molecule has 4 nitrogen and oxygen atoms in total. The molecule has 0 radical (unpaired) electrons. The molecule has 0 aliphatic carbocycles. The van der Waals surface area contributed by atoms with E-state index in [-0.39, 0.29) is 0 Å². The average molecular weight is 299 g/mol. The van der Waals surface area contributed by atoms with Crippen molar-refractivity contribution >= 4 is 0 Å². The lowest BCUT2D eigenvalue weighted by Gasteiger charge is -2.26. The maximum absolute atomic E-state index is 5.86. The van der Waals surface area contributed by atoms with Gasteiger partial charge >= 0.3 is 0 Å². The van der Waals surface area contributed by atoms with Gasteiger partial charge in [0.05, 0.1) is 11.4 Å². The van der Waals surface area contributed by atoms with Crippen molar-refractivity contribution in [3.8, 4) is 11.4 Å². The molecule has 0 unspecified atom stereocenters. The summed E-state index contributed by atoms with van der Waals surface area (Å²) in [7, 11) is 0. The first-order valence-corrected chi connectivity index (χ1v) is 8.21. The summed E-state index contributed by atoms with van der Waals surface area (Å²) in [6.07, 6.45) is 4.04. The van der Waals surface area contributed by atoms with E-state index >= 15 is 0 Å². The lowest BCUT2D eigenvalue weighted by Crippen LogP contribution is -2.33. The van der Waals surface area contributed by atoms with Crippen LogP contribution >= 0.6 is 0 Å². The summed E-state index contributed by atoms with van der Waals surface area (Å²) in [5, 5.41) is 4.50. The highest BCUT2D eigenvalue weighted by atomic mass is 16.5. The molecule has 0 bridgehead atoms. The number of hydrogen-bond donors (Lipinski definition) is 0. The second-order valence-electron chi connectivity index (χ2n) is 6.08. The molecular formula is C18H25N3O. The van der Waals surface area contributed by atoms with Crippen LogP contribution in [0.2, 0.25) is 0 Å². The van der Waals surface area contributed by atoms with Crippen LogP contribution in [0.15, 0.2) is 30.3 Å². The van der Waals surface area contributed by atoms with Gasteiger partial charge in [-0.2, -0.15) is 5.10 Å². The van der Waals surface area contributed by atoms with Crippen LogP contribution in [0.3, 0.4) is 0 Å². The van der Waals surface area contributed by atoms with Gasteiger partial charge in [0, 0.05) is 12.2 Å². The molecule has 4 heteroatoms. The van der Waals surface area contributed by atoms with Gasteiger partial charge in [-0.25, -0.2) is 4.68 Å². The summed E-state index contributed by atoms with van der Waals surface area (Å²) in [6, 6.07) is 10.3. The molecule has 1 aromatic heterocycles. The topological polar surface area (TPSA) is 30.3 Å². The van der Waals surface area contributed by atoms with E-state index in [0.717, 1.165) is 36.0 Å². The Morgan fingerprint density at radius 1 is 1.05 bits per heavy atom. The predicted octanol–water partition coefficient (Wildman–Crippen LogP) is 3.35. The molecule has 22 heavy (non-hydrogen) atoms. The highest BCUT2D eigenvalue weighted by Crippen LogP contribution is 2.17. The second kappa shape index (κ2) is 6.97. The molecule has 1 fully saturated rings. The largest absolute Gasteiger partial charge is 0.492 e. The van der Waals surface area contributed by atoms with Gasteiger partial charge in [0.25, 0.3) is 0 Å². The zero-order valence-corrected chi connectivity index (χ0v) is 13.6. The van der Waals surface area contributed by atoms with Gasteiger partial charge in [0.2, 0.25) is 0 Å². The number of aryl methyl sites for hydroxylation is 2. The molecule has 0 amide bonds. The van der Waals surface area contributed by atoms with E-state index in [9.17, 15) is 0 Å². The Morgan fingerprint density at radius 2 is 1.77 bits per heavy atom. The van der Waals surface area contributed by atoms with Crippen molar-refractivity contribution in [2.45, 2.75) is 33.1 Å². The Bertz CT molecular complexity index is 597. The van der Waals surface area contributed by atoms with Crippen LogP contribution in [0.4, 0.5) is 0 Å². The van der Waals surface area contributed by atoms with Crippen molar-refractivity contribution in [1.82, 2.24) is 14.7 Å². The fourth-order valence-electron chi connectivity index (χ4n) is 3.05. The molecule has 3 rings (SSSR count). The zero-order valence-electron chi connectivity index (χ0n) is 13.6. The molecule has 0 spiro atoms. The van der Waals surface area contributed by atoms with Crippen LogP contribution < -0.4 is 4.74 Å². The first-order valence-electron chi connectivity index (χ1n) is 8.21. The molecule has 0 atom stereocenters. The van der Waals surface area contributed by atoms with Crippen molar-refractivity contribution in [3.05, 3.63) is 41.7 Å². The Hall–Kier alpha value is -1.81. The molecule has 1 saturated heterocycles. The third-order valence-corrected chi connectivity index (χ3v) is 4.22. The fourth-order valence-corrected chi connectivity index (χ4v) is 3.05. The van der Waals surface area contributed by atoms with Crippen molar-refractivity contribution in [1.29, 1.82) is 0 Å². The molecule has 2 heterocycles. The van der Waals surface area contributed by atoms with E-state index in [4.69, 9.17) is 4.74 Å². The Labute approximate surface area is 132 Å². The van der Waals surface area contributed by atoms with Crippen LogP contribution in [-0.2, 0) is 0 Å². The van der Waals surface area contributed by atoms with Crippen molar-refractivity contribution in [2.75, 3.05) is 26.2 Å². The van der Waals surface area contributed by atoms with Crippen molar-refractivity contribution < 1.29 is 4.74 Å².